The molecule has 0 N–H and O–H groups in total. The van der Waals surface area contributed by atoms with Crippen molar-refractivity contribution in [2.45, 2.75) is 52.6 Å². The van der Waals surface area contributed by atoms with Crippen LogP contribution in [0, 0.1) is 0 Å². The smallest absolute Gasteiger partial charge is 0.348 e. The van der Waals surface area contributed by atoms with Gasteiger partial charge in [0.25, 0.3) is 0 Å². The monoisotopic (exact) mass is 576 g/mol. The van der Waals surface area contributed by atoms with E-state index in [0.717, 1.165) is 0 Å². The number of rotatable bonds is 4. The Morgan fingerprint density at radius 3 is 0.886 bits per heavy atom. The fraction of sp³-hybridized carbons (Fsp3) is 0.211. The van der Waals surface area contributed by atoms with E-state index in [0.29, 0.717) is 0 Å². The minimum atomic E-state index is -1.69. The lowest BCUT2D eigenvalue weighted by atomic mass is 9.18. The third-order valence-corrected chi connectivity index (χ3v) is 9.93. The third-order valence-electron chi connectivity index (χ3n) is 9.93. The number of imidazole rings is 2. The summed E-state index contributed by atoms with van der Waals surface area (Å²) in [6.07, 6.45) is 6.01. The van der Waals surface area contributed by atoms with Gasteiger partial charge >= 0.3 is 12.6 Å². The van der Waals surface area contributed by atoms with E-state index in [4.69, 9.17) is 0 Å². The predicted molar refractivity (Wildman–Crippen MR) is 185 cm³/mol. The van der Waals surface area contributed by atoms with E-state index in [-0.39, 0.29) is 11.1 Å². The predicted octanol–water partition coefficient (Wildman–Crippen LogP) is 2.72. The standard InChI is InChI=1S/C38H42B2N4/c1-37(2,3)41-27-29-43-35(41)39(31-19-11-7-12-20-31,32-21-13-8-14-22-32)44-30-28-42(38(4,5)6)36(44)40(43,33-23-15-9-16-24-33)34-25-17-10-18-26-34/h7-30H,1-6H3. The van der Waals surface area contributed by atoms with Crippen LogP contribution in [0.5, 0.6) is 0 Å². The van der Waals surface area contributed by atoms with Crippen LogP contribution in [0.2, 0.25) is 0 Å². The zero-order valence-corrected chi connectivity index (χ0v) is 26.8. The maximum Gasteiger partial charge on any atom is 0.348 e. The van der Waals surface area contributed by atoms with E-state index in [1.165, 1.54) is 33.3 Å². The fourth-order valence-corrected chi connectivity index (χ4v) is 8.25. The summed E-state index contributed by atoms with van der Waals surface area (Å²) in [5, 5.41) is 0. The van der Waals surface area contributed by atoms with Crippen LogP contribution in [0.15, 0.2) is 146 Å². The van der Waals surface area contributed by atoms with Crippen LogP contribution < -0.4 is 42.3 Å². The van der Waals surface area contributed by atoms with Crippen molar-refractivity contribution in [2.75, 3.05) is 0 Å². The maximum absolute atomic E-state index is 2.67. The van der Waals surface area contributed by atoms with Gasteiger partial charge in [-0.2, -0.15) is 0 Å². The van der Waals surface area contributed by atoms with E-state index in [1.807, 2.05) is 0 Å². The van der Waals surface area contributed by atoms with Crippen LogP contribution in [-0.2, 0) is 11.1 Å². The van der Waals surface area contributed by atoms with Crippen LogP contribution in [0.1, 0.15) is 41.5 Å². The Morgan fingerprint density at radius 1 is 0.409 bits per heavy atom. The molecule has 1 aliphatic heterocycles. The first-order valence-electron chi connectivity index (χ1n) is 15.9. The van der Waals surface area contributed by atoms with Gasteiger partial charge in [0.05, 0.1) is 34.9 Å². The number of benzene rings is 4. The Kier molecular flexibility index (Phi) is 6.40. The molecule has 3 heterocycles. The first-order chi connectivity index (χ1) is 21.1. The molecule has 44 heavy (non-hydrogen) atoms. The van der Waals surface area contributed by atoms with Crippen molar-refractivity contribution in [2.24, 2.45) is 0 Å². The Balaban J connectivity index is 1.81. The molecular formula is C38H42B2N4. The second-order valence-corrected chi connectivity index (χ2v) is 14.5. The van der Waals surface area contributed by atoms with Gasteiger partial charge in [-0.05, 0) is 41.5 Å². The Bertz CT molecular complexity index is 1690. The van der Waals surface area contributed by atoms with Gasteiger partial charge in [-0.25, -0.2) is 0 Å². The summed E-state index contributed by atoms with van der Waals surface area (Å²) in [6.45, 7) is 13.9. The lowest BCUT2D eigenvalue weighted by molar-refractivity contribution is -0.577. The first kappa shape index (κ1) is 28.2. The summed E-state index contributed by atoms with van der Waals surface area (Å²) in [5.74, 6) is 0. The van der Waals surface area contributed by atoms with Crippen LogP contribution in [0.3, 0.4) is 0 Å². The van der Waals surface area contributed by atoms with Gasteiger partial charge in [-0.15, -0.1) is 21.9 Å². The number of nitrogens with zero attached hydrogens (tertiary/aromatic N) is 4. The first-order valence-corrected chi connectivity index (χ1v) is 15.9. The molecule has 0 saturated carbocycles. The van der Waals surface area contributed by atoms with Gasteiger partial charge in [-0.1, -0.05) is 121 Å². The molecule has 4 nitrogen and oxygen atoms in total. The summed E-state index contributed by atoms with van der Waals surface area (Å²) in [4.78, 5) is 0. The molecule has 6 heteroatoms. The van der Waals surface area contributed by atoms with Crippen molar-refractivity contribution in [1.82, 2.24) is 9.13 Å². The zero-order chi connectivity index (χ0) is 30.7. The highest BCUT2D eigenvalue weighted by Crippen LogP contribution is 2.20. The zero-order valence-electron chi connectivity index (χ0n) is 26.8. The Labute approximate surface area is 262 Å². The van der Waals surface area contributed by atoms with E-state index in [2.05, 4.69) is 206 Å². The van der Waals surface area contributed by atoms with E-state index < -0.39 is 12.6 Å². The molecule has 0 saturated heterocycles. The number of hydrogen-bond donors (Lipinski definition) is 0. The molecule has 2 aromatic heterocycles. The normalized spacial score (nSPS) is 15.4. The summed E-state index contributed by atoms with van der Waals surface area (Å²) in [6, 6.07) is 44.7. The SMILES string of the molecule is CC(C)(C)n1cc[n+]2c1[B-](c1ccccc1)(c1ccccc1)[n+]1ccn(C(C)(C)C)c1[B-]2(c1ccccc1)c1ccccc1. The van der Waals surface area contributed by atoms with E-state index >= 15 is 0 Å². The molecule has 0 aliphatic carbocycles. The van der Waals surface area contributed by atoms with Gasteiger partial charge in [0.1, 0.15) is 12.4 Å². The maximum atomic E-state index is 2.67. The van der Waals surface area contributed by atoms with Crippen molar-refractivity contribution < 1.29 is 8.96 Å². The quantitative estimate of drug-likeness (QED) is 0.287. The van der Waals surface area contributed by atoms with Crippen molar-refractivity contribution in [3.63, 3.8) is 0 Å². The molecule has 0 fully saturated rings. The summed E-state index contributed by atoms with van der Waals surface area (Å²) in [5.41, 5.74) is 7.42. The summed E-state index contributed by atoms with van der Waals surface area (Å²) in [7, 11) is 0. The molecule has 0 unspecified atom stereocenters. The van der Waals surface area contributed by atoms with Crippen molar-refractivity contribution in [1.29, 1.82) is 0 Å². The minimum absolute atomic E-state index is 0.170. The van der Waals surface area contributed by atoms with Crippen LogP contribution >= 0.6 is 0 Å². The van der Waals surface area contributed by atoms with Gasteiger partial charge in [0.15, 0.2) is 0 Å². The van der Waals surface area contributed by atoms with Crippen LogP contribution in [0.25, 0.3) is 0 Å². The van der Waals surface area contributed by atoms with Crippen LogP contribution in [0.4, 0.5) is 0 Å². The lowest BCUT2D eigenvalue weighted by Crippen LogP contribution is -3.07. The highest BCUT2D eigenvalue weighted by atomic mass is 15.3. The molecule has 4 aromatic carbocycles. The number of fused-ring (bicyclic) bond motifs is 2. The largest absolute Gasteiger partial charge is 0.446 e. The molecule has 0 atom stereocenters. The third kappa shape index (κ3) is 3.86. The summed E-state index contributed by atoms with van der Waals surface area (Å²) >= 11 is 0. The van der Waals surface area contributed by atoms with Gasteiger partial charge < -0.3 is 8.96 Å². The fourth-order valence-electron chi connectivity index (χ4n) is 8.25. The van der Waals surface area contributed by atoms with Crippen molar-refractivity contribution >= 4 is 45.9 Å². The molecule has 0 radical (unpaired) electrons. The molecule has 220 valence electrons. The Hall–Kier alpha value is -4.57. The second kappa shape index (κ2) is 9.99. The molecule has 0 bridgehead atoms. The van der Waals surface area contributed by atoms with E-state index in [1.54, 1.807) is 0 Å². The van der Waals surface area contributed by atoms with Gasteiger partial charge in [-0.3, -0.25) is 9.13 Å². The highest BCUT2D eigenvalue weighted by molar-refractivity contribution is 7.10. The van der Waals surface area contributed by atoms with Gasteiger partial charge in [0.2, 0.25) is 0 Å². The van der Waals surface area contributed by atoms with Crippen molar-refractivity contribution in [3.8, 4) is 0 Å². The lowest BCUT2D eigenvalue weighted by Gasteiger charge is -2.52. The molecule has 7 rings (SSSR count). The highest BCUT2D eigenvalue weighted by Gasteiger charge is 2.60. The number of aromatic nitrogens is 4. The number of hydrogen-bond acceptors (Lipinski definition) is 0. The molecular weight excluding hydrogens is 534 g/mol. The average Bonchev–Trinajstić information content (AvgIpc) is 3.69. The molecule has 1 aliphatic rings. The minimum Gasteiger partial charge on any atom is -0.446 e. The molecule has 0 spiro atoms. The Morgan fingerprint density at radius 2 is 0.659 bits per heavy atom. The topological polar surface area (TPSA) is 17.6 Å². The average molecular weight is 576 g/mol. The van der Waals surface area contributed by atoms with Crippen LogP contribution in [-0.4, -0.2) is 21.7 Å². The summed E-state index contributed by atoms with van der Waals surface area (Å²) < 4.78 is 10.4. The molecule has 0 amide bonds. The van der Waals surface area contributed by atoms with E-state index in [9.17, 15) is 0 Å². The second-order valence-electron chi connectivity index (χ2n) is 14.5. The van der Waals surface area contributed by atoms with Gasteiger partial charge in [0, 0.05) is 0 Å². The molecule has 6 aromatic rings. The van der Waals surface area contributed by atoms with Crippen molar-refractivity contribution in [3.05, 3.63) is 146 Å².